The van der Waals surface area contributed by atoms with Crippen molar-refractivity contribution in [3.8, 4) is 0 Å². The van der Waals surface area contributed by atoms with Gasteiger partial charge < -0.3 is 5.11 Å². The van der Waals surface area contributed by atoms with E-state index in [1.54, 1.807) is 0 Å². The zero-order chi connectivity index (χ0) is 6.99. The Labute approximate surface area is 55.6 Å². The van der Waals surface area contributed by atoms with Crippen molar-refractivity contribution in [1.29, 1.82) is 0 Å². The maximum atomic E-state index is 9.60. The monoisotopic (exact) mass is 162 g/mol. The predicted molar refractivity (Wildman–Crippen MR) is 23.2 cm³/mol. The maximum absolute atomic E-state index is 9.60. The summed E-state index contributed by atoms with van der Waals surface area (Å²) in [5.74, 6) is -0.711. The average Bonchev–Trinajstić information content (AvgIpc) is 1.72. The van der Waals surface area contributed by atoms with Gasteiger partial charge in [0.1, 0.15) is 0 Å². The number of hydrogen-bond acceptors (Lipinski definition) is 2. The van der Waals surface area contributed by atoms with Gasteiger partial charge in [-0.2, -0.15) is 0 Å². The summed E-state index contributed by atoms with van der Waals surface area (Å²) >= 11 is 2.62. The molecule has 0 saturated heterocycles. The molecule has 0 aliphatic heterocycles. The molecule has 8 heavy (non-hydrogen) atoms. The minimum absolute atomic E-state index is 0.292. The van der Waals surface area contributed by atoms with Crippen LogP contribution in [0.1, 0.15) is 19.8 Å². The topological polar surface area (TPSA) is 54.4 Å². The quantitative estimate of drug-likeness (QED) is 0.610. The van der Waals surface area contributed by atoms with Crippen molar-refractivity contribution in [2.45, 2.75) is 19.8 Å². The summed E-state index contributed by atoms with van der Waals surface area (Å²) in [6, 6.07) is 0. The third-order valence-electron chi connectivity index (χ3n) is 0.464. The van der Waals surface area contributed by atoms with E-state index < -0.39 is 5.97 Å². The van der Waals surface area contributed by atoms with E-state index >= 15 is 0 Å². The standard InChI is InChI=1S/C4H8O2.Ni.O/c1-2-3-4(5)6;;/h2-3H2,1H3,(H,5,6);;. The molecular weight excluding hydrogens is 155 g/mol. The summed E-state index contributed by atoms with van der Waals surface area (Å²) in [6.07, 6.45) is 1.02. The summed E-state index contributed by atoms with van der Waals surface area (Å²) in [6.45, 7) is 1.84. The average molecular weight is 163 g/mol. The van der Waals surface area contributed by atoms with Gasteiger partial charge in [0.05, 0.1) is 0 Å². The molecule has 0 aromatic rings. The second-order valence-electron chi connectivity index (χ2n) is 1.14. The number of aliphatic carboxylic acids is 1. The van der Waals surface area contributed by atoms with E-state index in [9.17, 15) is 4.79 Å². The molecule has 4 heteroatoms. The number of carboxylic acids is 1. The SMILES string of the molecule is CCCC(=O)O.[O]=[Ni]. The van der Waals surface area contributed by atoms with Gasteiger partial charge in [-0.1, -0.05) is 6.92 Å². The Bertz CT molecular complexity index is 64.3. The molecule has 0 radical (unpaired) electrons. The first-order valence-corrected chi connectivity index (χ1v) is 2.52. The van der Waals surface area contributed by atoms with Crippen LogP contribution in [0.4, 0.5) is 0 Å². The van der Waals surface area contributed by atoms with Crippen LogP contribution in [0.5, 0.6) is 0 Å². The number of rotatable bonds is 2. The van der Waals surface area contributed by atoms with Crippen LogP contribution in [0.15, 0.2) is 0 Å². The molecule has 0 amide bonds. The van der Waals surface area contributed by atoms with Crippen LogP contribution in [0.2, 0.25) is 0 Å². The van der Waals surface area contributed by atoms with Gasteiger partial charge in [-0.05, 0) is 6.42 Å². The van der Waals surface area contributed by atoms with Gasteiger partial charge in [-0.3, -0.25) is 4.79 Å². The normalized spacial score (nSPS) is 6.88. The first-order chi connectivity index (χ1) is 3.77. The molecule has 0 fully saturated rings. The van der Waals surface area contributed by atoms with Crippen LogP contribution >= 0.6 is 0 Å². The first kappa shape index (κ1) is 10.7. The molecule has 0 aliphatic carbocycles. The van der Waals surface area contributed by atoms with Gasteiger partial charge in [0, 0.05) is 6.42 Å². The zero-order valence-electron chi connectivity index (χ0n) is 4.49. The summed E-state index contributed by atoms with van der Waals surface area (Å²) in [7, 11) is 0. The Kier molecular flexibility index (Phi) is 13.2. The van der Waals surface area contributed by atoms with Gasteiger partial charge in [0.25, 0.3) is 0 Å². The van der Waals surface area contributed by atoms with E-state index in [1.165, 1.54) is 0 Å². The van der Waals surface area contributed by atoms with Crippen molar-refractivity contribution in [3.63, 3.8) is 0 Å². The Morgan fingerprint density at radius 1 is 1.62 bits per heavy atom. The molecule has 0 spiro atoms. The van der Waals surface area contributed by atoms with Crippen LogP contribution in [-0.4, -0.2) is 11.1 Å². The van der Waals surface area contributed by atoms with Crippen molar-refractivity contribution in [1.82, 2.24) is 0 Å². The minimum atomic E-state index is -0.711. The summed E-state index contributed by atoms with van der Waals surface area (Å²) in [4.78, 5) is 9.60. The molecule has 0 unspecified atom stereocenters. The summed E-state index contributed by atoms with van der Waals surface area (Å²) in [5.41, 5.74) is 0. The second kappa shape index (κ2) is 9.90. The Morgan fingerprint density at radius 3 is 2.00 bits per heavy atom. The van der Waals surface area contributed by atoms with Crippen LogP contribution in [0.3, 0.4) is 0 Å². The molecule has 0 saturated carbocycles. The van der Waals surface area contributed by atoms with Crippen molar-refractivity contribution >= 4 is 5.97 Å². The number of hydrogen-bond donors (Lipinski definition) is 1. The van der Waals surface area contributed by atoms with E-state index in [-0.39, 0.29) is 0 Å². The third kappa shape index (κ3) is 17.1. The van der Waals surface area contributed by atoms with Gasteiger partial charge in [-0.25, -0.2) is 0 Å². The second-order valence-corrected chi connectivity index (χ2v) is 1.14. The fourth-order valence-electron chi connectivity index (χ4n) is 0.214. The molecule has 52 valence electrons. The molecule has 1 N–H and O–H groups in total. The summed E-state index contributed by atoms with van der Waals surface area (Å²) in [5, 5.41) is 7.91. The van der Waals surface area contributed by atoms with Gasteiger partial charge in [0.2, 0.25) is 0 Å². The zero-order valence-corrected chi connectivity index (χ0v) is 5.48. The molecular formula is C4H8NiO3. The molecule has 0 aromatic heterocycles. The molecule has 0 rings (SSSR count). The van der Waals surface area contributed by atoms with Crippen LogP contribution in [-0.2, 0) is 24.1 Å². The Morgan fingerprint density at radius 2 is 2.00 bits per heavy atom. The number of carbonyl (C=O) groups is 1. The molecule has 0 aliphatic rings. The van der Waals surface area contributed by atoms with Crippen molar-refractivity contribution in [2.75, 3.05) is 0 Å². The summed E-state index contributed by atoms with van der Waals surface area (Å²) < 4.78 is 7.88. The van der Waals surface area contributed by atoms with Crippen LogP contribution in [0, 0.1) is 0 Å². The van der Waals surface area contributed by atoms with Crippen molar-refractivity contribution < 1.29 is 29.2 Å². The van der Waals surface area contributed by atoms with Crippen molar-refractivity contribution in [3.05, 3.63) is 0 Å². The fourth-order valence-corrected chi connectivity index (χ4v) is 0.214. The van der Waals surface area contributed by atoms with Gasteiger partial charge in [0.15, 0.2) is 0 Å². The first-order valence-electron chi connectivity index (χ1n) is 2.12. The van der Waals surface area contributed by atoms with Crippen LogP contribution < -0.4 is 0 Å². The molecule has 0 atom stereocenters. The predicted octanol–water partition coefficient (Wildman–Crippen LogP) is 0.750. The molecule has 0 heterocycles. The Hall–Kier alpha value is -0.236. The fraction of sp³-hybridized carbons (Fsp3) is 0.750. The van der Waals surface area contributed by atoms with Gasteiger partial charge >= 0.3 is 25.3 Å². The molecule has 3 nitrogen and oxygen atoms in total. The third-order valence-corrected chi connectivity index (χ3v) is 0.464. The van der Waals surface area contributed by atoms with Crippen LogP contribution in [0.25, 0.3) is 0 Å². The molecule has 0 aromatic carbocycles. The van der Waals surface area contributed by atoms with E-state index in [1.807, 2.05) is 6.92 Å². The van der Waals surface area contributed by atoms with E-state index in [2.05, 4.69) is 15.4 Å². The number of carboxylic acid groups (broad SMARTS) is 1. The van der Waals surface area contributed by atoms with E-state index in [0.29, 0.717) is 6.42 Å². The van der Waals surface area contributed by atoms with Crippen molar-refractivity contribution in [2.24, 2.45) is 0 Å². The molecule has 0 bridgehead atoms. The van der Waals surface area contributed by atoms with E-state index in [0.717, 1.165) is 6.42 Å². The van der Waals surface area contributed by atoms with E-state index in [4.69, 9.17) is 9.00 Å². The van der Waals surface area contributed by atoms with Gasteiger partial charge in [-0.15, -0.1) is 0 Å². The Balaban J connectivity index is 0.